The predicted molar refractivity (Wildman–Crippen MR) is 143 cm³/mol. The highest BCUT2D eigenvalue weighted by Gasteiger charge is 2.28. The minimum Gasteiger partial charge on any atom is -0.482 e. The number of nitrogens with zero attached hydrogens (tertiary/aromatic N) is 2. The van der Waals surface area contributed by atoms with E-state index in [1.807, 2.05) is 81.2 Å². The van der Waals surface area contributed by atoms with Crippen LogP contribution in [0, 0.1) is 5.92 Å². The Morgan fingerprint density at radius 1 is 1.16 bits per heavy atom. The van der Waals surface area contributed by atoms with E-state index < -0.39 is 11.6 Å². The van der Waals surface area contributed by atoms with Gasteiger partial charge in [-0.2, -0.15) is 0 Å². The number of hydrogen-bond acceptors (Lipinski definition) is 6. The van der Waals surface area contributed by atoms with Gasteiger partial charge >= 0.3 is 5.97 Å². The van der Waals surface area contributed by atoms with Crippen molar-refractivity contribution in [2.75, 3.05) is 33.3 Å². The third-order valence-electron chi connectivity index (χ3n) is 6.75. The fourth-order valence-electron chi connectivity index (χ4n) is 4.89. The summed E-state index contributed by atoms with van der Waals surface area (Å²) in [6, 6.07) is 15.2. The summed E-state index contributed by atoms with van der Waals surface area (Å²) in [6.07, 6.45) is 3.10. The molecule has 4 rings (SSSR count). The van der Waals surface area contributed by atoms with Crippen molar-refractivity contribution in [2.24, 2.45) is 5.92 Å². The minimum atomic E-state index is -0.565. The predicted octanol–water partition coefficient (Wildman–Crippen LogP) is 5.24. The Labute approximate surface area is 219 Å². The van der Waals surface area contributed by atoms with Gasteiger partial charge in [0.2, 0.25) is 5.91 Å². The zero-order valence-corrected chi connectivity index (χ0v) is 22.5. The van der Waals surface area contributed by atoms with Crippen LogP contribution in [-0.2, 0) is 20.7 Å². The van der Waals surface area contributed by atoms with Gasteiger partial charge in [0.25, 0.3) is 0 Å². The Morgan fingerprint density at radius 3 is 2.68 bits per heavy atom. The van der Waals surface area contributed by atoms with Crippen LogP contribution in [-0.4, -0.2) is 60.6 Å². The van der Waals surface area contributed by atoms with Crippen molar-refractivity contribution in [2.45, 2.75) is 52.2 Å². The zero-order chi connectivity index (χ0) is 26.6. The van der Waals surface area contributed by atoms with E-state index >= 15 is 0 Å². The third-order valence-corrected chi connectivity index (χ3v) is 6.75. The van der Waals surface area contributed by atoms with Gasteiger partial charge in [0.1, 0.15) is 16.9 Å². The average molecular weight is 507 g/mol. The van der Waals surface area contributed by atoms with E-state index in [2.05, 4.69) is 11.8 Å². The van der Waals surface area contributed by atoms with Crippen molar-refractivity contribution in [3.05, 3.63) is 65.9 Å². The molecule has 1 aliphatic heterocycles. The van der Waals surface area contributed by atoms with Crippen LogP contribution in [0.2, 0.25) is 0 Å². The maximum Gasteiger partial charge on any atom is 0.344 e. The molecule has 0 bridgehead atoms. The molecule has 0 saturated carbocycles. The first-order valence-corrected chi connectivity index (χ1v) is 13.0. The number of likely N-dealkylation sites (tertiary alicyclic amines) is 1. The summed E-state index contributed by atoms with van der Waals surface area (Å²) in [5.74, 6) is 0.836. The summed E-state index contributed by atoms with van der Waals surface area (Å²) in [4.78, 5) is 30.0. The molecule has 3 aromatic rings. The van der Waals surface area contributed by atoms with Gasteiger partial charge in [-0.3, -0.25) is 4.79 Å². The van der Waals surface area contributed by atoms with Crippen LogP contribution in [0.4, 0.5) is 0 Å². The number of ether oxygens (including phenoxy) is 2. The van der Waals surface area contributed by atoms with Crippen molar-refractivity contribution >= 4 is 22.8 Å². The second-order valence-electron chi connectivity index (χ2n) is 11.0. The van der Waals surface area contributed by atoms with Gasteiger partial charge in [-0.1, -0.05) is 31.2 Å². The lowest BCUT2D eigenvalue weighted by molar-refractivity contribution is -0.157. The quantitative estimate of drug-likeness (QED) is 0.370. The second-order valence-corrected chi connectivity index (χ2v) is 11.0. The number of carbonyl (C=O) groups is 2. The van der Waals surface area contributed by atoms with E-state index in [1.165, 1.54) is 0 Å². The van der Waals surface area contributed by atoms with Crippen LogP contribution in [0.5, 0.6) is 5.75 Å². The molecule has 0 radical (unpaired) electrons. The van der Waals surface area contributed by atoms with E-state index in [1.54, 1.807) is 6.26 Å². The number of rotatable bonds is 9. The first-order valence-electron chi connectivity index (χ1n) is 13.0. The number of furan rings is 1. The largest absolute Gasteiger partial charge is 0.482 e. The first-order chi connectivity index (χ1) is 17.6. The second kappa shape index (κ2) is 11.4. The minimum absolute atomic E-state index is 0.0334. The first kappa shape index (κ1) is 26.7. The number of benzene rings is 2. The van der Waals surface area contributed by atoms with Gasteiger partial charge in [-0.25, -0.2) is 4.79 Å². The van der Waals surface area contributed by atoms with E-state index in [-0.39, 0.29) is 25.0 Å². The molecule has 0 N–H and O–H groups in total. The van der Waals surface area contributed by atoms with Crippen LogP contribution in [0.3, 0.4) is 0 Å². The van der Waals surface area contributed by atoms with Crippen LogP contribution < -0.4 is 4.74 Å². The Bertz CT molecular complexity index is 1230. The maximum absolute atomic E-state index is 13.5. The Balaban J connectivity index is 1.52. The molecular weight excluding hydrogens is 468 g/mol. The van der Waals surface area contributed by atoms with E-state index in [4.69, 9.17) is 13.9 Å². The van der Waals surface area contributed by atoms with Crippen LogP contribution in [0.15, 0.2) is 59.2 Å². The molecule has 7 nitrogen and oxygen atoms in total. The Kier molecular flexibility index (Phi) is 8.22. The lowest BCUT2D eigenvalue weighted by atomic mass is 10.0. The molecule has 1 aromatic heterocycles. The van der Waals surface area contributed by atoms with Gasteiger partial charge in [-0.05, 0) is 75.0 Å². The Morgan fingerprint density at radius 2 is 1.95 bits per heavy atom. The highest BCUT2D eigenvalue weighted by Crippen LogP contribution is 2.29. The number of hydrogen-bond donors (Lipinski definition) is 0. The normalized spacial score (nSPS) is 17.1. The molecule has 1 saturated heterocycles. The molecule has 0 spiro atoms. The molecule has 1 fully saturated rings. The summed E-state index contributed by atoms with van der Waals surface area (Å²) in [7, 11) is 1.87. The molecule has 2 heterocycles. The molecule has 198 valence electrons. The Hall–Kier alpha value is -3.32. The van der Waals surface area contributed by atoms with E-state index in [9.17, 15) is 9.59 Å². The van der Waals surface area contributed by atoms with Gasteiger partial charge in [-0.15, -0.1) is 0 Å². The highest BCUT2D eigenvalue weighted by molar-refractivity contribution is 5.87. The number of carbonyl (C=O) groups excluding carboxylic acids is 2. The fourth-order valence-corrected chi connectivity index (χ4v) is 4.89. The zero-order valence-electron chi connectivity index (χ0n) is 22.5. The molecule has 1 aliphatic rings. The number of likely N-dealkylation sites (N-methyl/N-ethyl adjacent to an activating group) is 1. The summed E-state index contributed by atoms with van der Waals surface area (Å²) in [5, 5.41) is 0.965. The molecular formula is C30H38N2O5. The topological polar surface area (TPSA) is 72.2 Å². The van der Waals surface area contributed by atoms with Gasteiger partial charge in [0, 0.05) is 25.5 Å². The van der Waals surface area contributed by atoms with Gasteiger partial charge in [0.15, 0.2) is 6.61 Å². The SMILES string of the molecule is C[C@H]1CCN(C[C@H](c2cccc(OCC(=O)OC(C)(C)C)c2)N(C)C(=O)Cc2cccc3occc23)C1. The molecule has 1 amide bonds. The molecule has 0 aliphatic carbocycles. The third kappa shape index (κ3) is 7.13. The fraction of sp³-hybridized carbons (Fsp3) is 0.467. The average Bonchev–Trinajstić information content (AvgIpc) is 3.49. The molecule has 2 aromatic carbocycles. The standard InChI is InChI=1S/C30H38N2O5/c1-21-12-14-32(18-21)19-26(23-9-6-10-24(16-23)36-20-29(34)37-30(2,3)4)31(5)28(33)17-22-8-7-11-27-25(22)13-15-35-27/h6-11,13,15-16,21,26H,12,14,17-20H2,1-5H3/t21-,26+/m0/s1. The number of fused-ring (bicyclic) bond motifs is 1. The van der Waals surface area contributed by atoms with Crippen molar-refractivity contribution in [1.82, 2.24) is 9.80 Å². The van der Waals surface area contributed by atoms with E-state index in [0.717, 1.165) is 48.2 Å². The van der Waals surface area contributed by atoms with E-state index in [0.29, 0.717) is 11.7 Å². The summed E-state index contributed by atoms with van der Waals surface area (Å²) < 4.78 is 16.6. The van der Waals surface area contributed by atoms with Gasteiger partial charge in [0.05, 0.1) is 18.7 Å². The highest BCUT2D eigenvalue weighted by atomic mass is 16.6. The lowest BCUT2D eigenvalue weighted by Crippen LogP contribution is -2.39. The number of esters is 1. The molecule has 37 heavy (non-hydrogen) atoms. The van der Waals surface area contributed by atoms with Crippen molar-refractivity contribution in [3.8, 4) is 5.75 Å². The van der Waals surface area contributed by atoms with Crippen LogP contribution in [0.25, 0.3) is 11.0 Å². The van der Waals surface area contributed by atoms with Crippen molar-refractivity contribution in [3.63, 3.8) is 0 Å². The van der Waals surface area contributed by atoms with Crippen LogP contribution >= 0.6 is 0 Å². The van der Waals surface area contributed by atoms with Crippen LogP contribution in [0.1, 0.15) is 51.3 Å². The monoisotopic (exact) mass is 506 g/mol. The molecule has 0 unspecified atom stereocenters. The molecule has 7 heteroatoms. The van der Waals surface area contributed by atoms with Crippen molar-refractivity contribution in [1.29, 1.82) is 0 Å². The summed E-state index contributed by atoms with van der Waals surface area (Å²) in [5.41, 5.74) is 2.14. The van der Waals surface area contributed by atoms with Gasteiger partial charge < -0.3 is 23.7 Å². The maximum atomic E-state index is 13.5. The summed E-state index contributed by atoms with van der Waals surface area (Å²) >= 11 is 0. The smallest absolute Gasteiger partial charge is 0.344 e. The van der Waals surface area contributed by atoms with Crippen molar-refractivity contribution < 1.29 is 23.5 Å². The number of amides is 1. The summed E-state index contributed by atoms with van der Waals surface area (Å²) in [6.45, 7) is 10.3. The lowest BCUT2D eigenvalue weighted by Gasteiger charge is -2.32. The molecule has 2 atom stereocenters.